The number of ether oxygens (including phenoxy) is 2. The van der Waals surface area contributed by atoms with Crippen LogP contribution in [0.25, 0.3) is 0 Å². The monoisotopic (exact) mass is 278 g/mol. The minimum absolute atomic E-state index is 0.115. The molecule has 1 aromatic rings. The Kier molecular flexibility index (Phi) is 5.00. The van der Waals surface area contributed by atoms with Crippen LogP contribution in [0.2, 0.25) is 0 Å². The van der Waals surface area contributed by atoms with Crippen molar-refractivity contribution >= 4 is 0 Å². The van der Waals surface area contributed by atoms with Gasteiger partial charge in [0.1, 0.15) is 0 Å². The van der Waals surface area contributed by atoms with Crippen LogP contribution in [-0.2, 0) is 11.3 Å². The average Bonchev–Trinajstić information content (AvgIpc) is 2.87. The van der Waals surface area contributed by atoms with E-state index < -0.39 is 0 Å². The first-order chi connectivity index (χ1) is 9.44. The van der Waals surface area contributed by atoms with Crippen LogP contribution in [0.4, 0.5) is 0 Å². The highest BCUT2D eigenvalue weighted by Crippen LogP contribution is 2.17. The lowest BCUT2D eigenvalue weighted by molar-refractivity contribution is 0.165. The normalized spacial score (nSPS) is 19.3. The number of hydrogen-bond donors (Lipinski definition) is 1. The lowest BCUT2D eigenvalue weighted by Gasteiger charge is -2.21. The van der Waals surface area contributed by atoms with Crippen molar-refractivity contribution in [3.05, 3.63) is 23.4 Å². The molecule has 1 atom stereocenters. The molecule has 1 aromatic heterocycles. The highest BCUT2D eigenvalue weighted by atomic mass is 16.5. The van der Waals surface area contributed by atoms with Gasteiger partial charge in [0.2, 0.25) is 5.88 Å². The second kappa shape index (κ2) is 6.55. The summed E-state index contributed by atoms with van der Waals surface area (Å²) in [5.41, 5.74) is 2.36. The van der Waals surface area contributed by atoms with Gasteiger partial charge < -0.3 is 14.8 Å². The van der Waals surface area contributed by atoms with E-state index in [9.17, 15) is 0 Å². The van der Waals surface area contributed by atoms with Crippen LogP contribution in [0.15, 0.2) is 12.1 Å². The van der Waals surface area contributed by atoms with Crippen LogP contribution in [-0.4, -0.2) is 30.3 Å². The minimum atomic E-state index is 0.115. The number of pyridine rings is 1. The zero-order valence-corrected chi connectivity index (χ0v) is 13.0. The van der Waals surface area contributed by atoms with E-state index in [2.05, 4.69) is 37.1 Å². The summed E-state index contributed by atoms with van der Waals surface area (Å²) in [6, 6.07) is 4.06. The van der Waals surface area contributed by atoms with Crippen LogP contribution in [0.3, 0.4) is 0 Å². The highest BCUT2D eigenvalue weighted by molar-refractivity contribution is 5.25. The Bertz CT molecular complexity index is 435. The Labute approximate surface area is 121 Å². The SMILES string of the molecule is Cc1nc(OCC2CCOC2)ccc1CNC(C)(C)C. The van der Waals surface area contributed by atoms with Gasteiger partial charge in [-0.25, -0.2) is 4.98 Å². The Hall–Kier alpha value is -1.13. The van der Waals surface area contributed by atoms with Crippen molar-refractivity contribution in [1.29, 1.82) is 0 Å². The molecule has 4 heteroatoms. The lowest BCUT2D eigenvalue weighted by atomic mass is 10.1. The van der Waals surface area contributed by atoms with Gasteiger partial charge in [0.05, 0.1) is 13.2 Å². The summed E-state index contributed by atoms with van der Waals surface area (Å²) >= 11 is 0. The van der Waals surface area contributed by atoms with Crippen molar-refractivity contribution in [3.8, 4) is 5.88 Å². The molecule has 0 bridgehead atoms. The molecule has 1 aliphatic heterocycles. The molecule has 0 aromatic carbocycles. The minimum Gasteiger partial charge on any atom is -0.477 e. The fourth-order valence-electron chi connectivity index (χ4n) is 2.11. The predicted molar refractivity (Wildman–Crippen MR) is 80.0 cm³/mol. The zero-order valence-electron chi connectivity index (χ0n) is 13.0. The Morgan fingerprint density at radius 1 is 1.40 bits per heavy atom. The van der Waals surface area contributed by atoms with Crippen LogP contribution >= 0.6 is 0 Å². The van der Waals surface area contributed by atoms with E-state index in [4.69, 9.17) is 9.47 Å². The second-order valence-electron chi connectivity index (χ2n) is 6.54. The number of hydrogen-bond acceptors (Lipinski definition) is 4. The molecule has 0 radical (unpaired) electrons. The molecular formula is C16H26N2O2. The summed E-state index contributed by atoms with van der Waals surface area (Å²) < 4.78 is 11.1. The molecule has 1 fully saturated rings. The molecular weight excluding hydrogens is 252 g/mol. The van der Waals surface area contributed by atoms with Crippen molar-refractivity contribution in [2.45, 2.75) is 46.2 Å². The molecule has 2 heterocycles. The van der Waals surface area contributed by atoms with Gasteiger partial charge >= 0.3 is 0 Å². The van der Waals surface area contributed by atoms with E-state index in [1.54, 1.807) is 0 Å². The van der Waals surface area contributed by atoms with E-state index in [0.29, 0.717) is 18.4 Å². The number of aryl methyl sites for hydroxylation is 1. The molecule has 1 aliphatic rings. The van der Waals surface area contributed by atoms with E-state index >= 15 is 0 Å². The van der Waals surface area contributed by atoms with Crippen LogP contribution in [0.1, 0.15) is 38.4 Å². The van der Waals surface area contributed by atoms with Crippen molar-refractivity contribution in [2.24, 2.45) is 5.92 Å². The van der Waals surface area contributed by atoms with Crippen molar-refractivity contribution in [1.82, 2.24) is 10.3 Å². The molecule has 0 saturated carbocycles. The fraction of sp³-hybridized carbons (Fsp3) is 0.688. The van der Waals surface area contributed by atoms with Crippen molar-refractivity contribution in [2.75, 3.05) is 19.8 Å². The van der Waals surface area contributed by atoms with Crippen LogP contribution < -0.4 is 10.1 Å². The smallest absolute Gasteiger partial charge is 0.213 e. The Balaban J connectivity index is 1.88. The second-order valence-corrected chi connectivity index (χ2v) is 6.54. The molecule has 0 amide bonds. The number of nitrogens with zero attached hydrogens (tertiary/aromatic N) is 1. The van der Waals surface area contributed by atoms with E-state index in [1.165, 1.54) is 5.56 Å². The summed E-state index contributed by atoms with van der Waals surface area (Å²) in [7, 11) is 0. The summed E-state index contributed by atoms with van der Waals surface area (Å²) in [5, 5.41) is 3.48. The van der Waals surface area contributed by atoms with E-state index in [1.807, 2.05) is 13.0 Å². The maximum absolute atomic E-state index is 5.76. The standard InChI is InChI=1S/C16H26N2O2/c1-12-14(9-17-16(2,3)4)5-6-15(18-12)20-11-13-7-8-19-10-13/h5-6,13,17H,7-11H2,1-4H3. The summed E-state index contributed by atoms with van der Waals surface area (Å²) in [4.78, 5) is 4.53. The molecule has 20 heavy (non-hydrogen) atoms. The van der Waals surface area contributed by atoms with Gasteiger partial charge in [0, 0.05) is 36.4 Å². The van der Waals surface area contributed by atoms with E-state index in [-0.39, 0.29) is 5.54 Å². The summed E-state index contributed by atoms with van der Waals surface area (Å²) in [6.07, 6.45) is 1.09. The molecule has 0 aliphatic carbocycles. The maximum atomic E-state index is 5.76. The molecule has 2 rings (SSSR count). The molecule has 0 spiro atoms. The third-order valence-electron chi connectivity index (χ3n) is 3.47. The quantitative estimate of drug-likeness (QED) is 0.899. The zero-order chi connectivity index (χ0) is 14.6. The van der Waals surface area contributed by atoms with Gasteiger partial charge in [0.15, 0.2) is 0 Å². The fourth-order valence-corrected chi connectivity index (χ4v) is 2.11. The Morgan fingerprint density at radius 2 is 2.20 bits per heavy atom. The third-order valence-corrected chi connectivity index (χ3v) is 3.47. The first-order valence-electron chi connectivity index (χ1n) is 7.36. The maximum Gasteiger partial charge on any atom is 0.213 e. The van der Waals surface area contributed by atoms with Gasteiger partial charge in [-0.05, 0) is 39.7 Å². The molecule has 4 nitrogen and oxygen atoms in total. The average molecular weight is 278 g/mol. The lowest BCUT2D eigenvalue weighted by Crippen LogP contribution is -2.35. The largest absolute Gasteiger partial charge is 0.477 e. The summed E-state index contributed by atoms with van der Waals surface area (Å²) in [6.45, 7) is 11.7. The van der Waals surface area contributed by atoms with Gasteiger partial charge in [-0.15, -0.1) is 0 Å². The first kappa shape index (κ1) is 15.3. The van der Waals surface area contributed by atoms with Crippen molar-refractivity contribution in [3.63, 3.8) is 0 Å². The number of aromatic nitrogens is 1. The van der Waals surface area contributed by atoms with Crippen LogP contribution in [0.5, 0.6) is 5.88 Å². The number of nitrogens with one attached hydrogen (secondary N) is 1. The molecule has 1 saturated heterocycles. The van der Waals surface area contributed by atoms with Gasteiger partial charge in [-0.3, -0.25) is 0 Å². The topological polar surface area (TPSA) is 43.4 Å². The number of rotatable bonds is 5. The first-order valence-corrected chi connectivity index (χ1v) is 7.36. The van der Waals surface area contributed by atoms with E-state index in [0.717, 1.165) is 31.9 Å². The predicted octanol–water partition coefficient (Wildman–Crippen LogP) is 2.69. The molecule has 112 valence electrons. The highest BCUT2D eigenvalue weighted by Gasteiger charge is 2.16. The van der Waals surface area contributed by atoms with Gasteiger partial charge in [0.25, 0.3) is 0 Å². The van der Waals surface area contributed by atoms with Gasteiger partial charge in [-0.2, -0.15) is 0 Å². The summed E-state index contributed by atoms with van der Waals surface area (Å²) in [5.74, 6) is 1.23. The van der Waals surface area contributed by atoms with Crippen LogP contribution in [0, 0.1) is 12.8 Å². The van der Waals surface area contributed by atoms with Gasteiger partial charge in [-0.1, -0.05) is 6.07 Å². The molecule has 1 unspecified atom stereocenters. The third kappa shape index (κ3) is 4.76. The Morgan fingerprint density at radius 3 is 2.80 bits per heavy atom. The molecule has 1 N–H and O–H groups in total. The van der Waals surface area contributed by atoms with Crippen molar-refractivity contribution < 1.29 is 9.47 Å².